The molecule has 4 heteroatoms. The van der Waals surface area contributed by atoms with Crippen LogP contribution in [-0.4, -0.2) is 10.1 Å². The summed E-state index contributed by atoms with van der Waals surface area (Å²) >= 11 is 3.44. The van der Waals surface area contributed by atoms with Gasteiger partial charge in [-0.1, -0.05) is 41.1 Å². The van der Waals surface area contributed by atoms with Crippen molar-refractivity contribution in [3.63, 3.8) is 0 Å². The number of halogens is 1. The molecule has 100 valence electrons. The maximum atomic E-state index is 10.9. The van der Waals surface area contributed by atoms with Crippen molar-refractivity contribution in [3.05, 3.63) is 58.2 Å². The van der Waals surface area contributed by atoms with Gasteiger partial charge in [0.05, 0.1) is 5.60 Å². The molecule has 3 N–H and O–H groups in total. The fraction of sp³-hybridized carbons (Fsp3) is 0.267. The van der Waals surface area contributed by atoms with Crippen LogP contribution in [-0.2, 0) is 12.0 Å². The highest BCUT2D eigenvalue weighted by Crippen LogP contribution is 2.31. The van der Waals surface area contributed by atoms with Crippen molar-refractivity contribution in [1.29, 1.82) is 0 Å². The topological polar surface area (TPSA) is 59.1 Å². The molecule has 0 aliphatic rings. The van der Waals surface area contributed by atoms with E-state index >= 15 is 0 Å². The first-order valence-corrected chi connectivity index (χ1v) is 7.02. The average Bonchev–Trinajstić information content (AvgIpc) is 2.41. The third-order valence-electron chi connectivity index (χ3n) is 3.36. The normalized spacial score (nSPS) is 14.1. The van der Waals surface area contributed by atoms with Crippen LogP contribution in [0.4, 0.5) is 5.82 Å². The van der Waals surface area contributed by atoms with Crippen LogP contribution in [0.2, 0.25) is 0 Å². The van der Waals surface area contributed by atoms with Gasteiger partial charge in [-0.2, -0.15) is 0 Å². The Hall–Kier alpha value is -1.39. The monoisotopic (exact) mass is 320 g/mol. The Kier molecular flexibility index (Phi) is 4.22. The molecule has 1 unspecified atom stereocenters. The number of aromatic nitrogens is 1. The molecule has 1 aromatic heterocycles. The van der Waals surface area contributed by atoms with Gasteiger partial charge in [0.1, 0.15) is 5.82 Å². The summed E-state index contributed by atoms with van der Waals surface area (Å²) in [5, 5.41) is 10.9. The van der Waals surface area contributed by atoms with Gasteiger partial charge < -0.3 is 10.8 Å². The third kappa shape index (κ3) is 3.14. The quantitative estimate of drug-likeness (QED) is 0.909. The first kappa shape index (κ1) is 14.0. The Bertz CT molecular complexity index is 574. The molecule has 0 amide bonds. The number of nitrogens with zero attached hydrogens (tertiary/aromatic N) is 1. The lowest BCUT2D eigenvalue weighted by Crippen LogP contribution is -2.28. The zero-order valence-corrected chi connectivity index (χ0v) is 12.4. The second kappa shape index (κ2) is 5.72. The van der Waals surface area contributed by atoms with E-state index in [9.17, 15) is 5.11 Å². The Morgan fingerprint density at radius 1 is 1.32 bits per heavy atom. The van der Waals surface area contributed by atoms with Crippen molar-refractivity contribution >= 4 is 21.7 Å². The average molecular weight is 321 g/mol. The lowest BCUT2D eigenvalue weighted by Gasteiger charge is -2.28. The van der Waals surface area contributed by atoms with Gasteiger partial charge in [0.2, 0.25) is 0 Å². The lowest BCUT2D eigenvalue weighted by atomic mass is 9.85. The van der Waals surface area contributed by atoms with E-state index in [0.717, 1.165) is 15.6 Å². The van der Waals surface area contributed by atoms with Gasteiger partial charge in [-0.3, -0.25) is 0 Å². The van der Waals surface area contributed by atoms with Gasteiger partial charge in [0.15, 0.2) is 0 Å². The predicted octanol–water partition coefficient (Wildman–Crippen LogP) is 3.27. The van der Waals surface area contributed by atoms with Crippen LogP contribution in [0.15, 0.2) is 47.1 Å². The minimum Gasteiger partial charge on any atom is -0.385 e. The number of pyridine rings is 1. The first-order valence-electron chi connectivity index (χ1n) is 6.23. The molecule has 0 aliphatic heterocycles. The molecule has 3 nitrogen and oxygen atoms in total. The van der Waals surface area contributed by atoms with Crippen LogP contribution in [0.1, 0.15) is 24.5 Å². The molecular weight excluding hydrogens is 304 g/mol. The molecule has 2 aromatic rings. The number of hydrogen-bond donors (Lipinski definition) is 2. The molecule has 0 saturated carbocycles. The summed E-state index contributed by atoms with van der Waals surface area (Å²) < 4.78 is 0.955. The van der Waals surface area contributed by atoms with E-state index < -0.39 is 5.60 Å². The van der Waals surface area contributed by atoms with Crippen molar-refractivity contribution in [3.8, 4) is 0 Å². The van der Waals surface area contributed by atoms with Crippen molar-refractivity contribution < 1.29 is 5.11 Å². The zero-order chi connectivity index (χ0) is 13.9. The fourth-order valence-corrected chi connectivity index (χ4v) is 2.52. The van der Waals surface area contributed by atoms with Crippen molar-refractivity contribution in [1.82, 2.24) is 4.98 Å². The number of rotatable bonds is 4. The molecule has 1 heterocycles. The number of anilines is 1. The van der Waals surface area contributed by atoms with E-state index in [1.165, 1.54) is 0 Å². The fourth-order valence-electron chi connectivity index (χ4n) is 2.12. The van der Waals surface area contributed by atoms with E-state index in [4.69, 9.17) is 5.73 Å². The number of benzene rings is 1. The Labute approximate surface area is 121 Å². The van der Waals surface area contributed by atoms with Crippen LogP contribution in [0.5, 0.6) is 0 Å². The van der Waals surface area contributed by atoms with Crippen molar-refractivity contribution in [2.24, 2.45) is 0 Å². The highest BCUT2D eigenvalue weighted by Gasteiger charge is 2.28. The molecule has 0 bridgehead atoms. The zero-order valence-electron chi connectivity index (χ0n) is 10.8. The second-order valence-electron chi connectivity index (χ2n) is 4.62. The molecule has 0 aliphatic carbocycles. The molecule has 0 radical (unpaired) electrons. The van der Waals surface area contributed by atoms with Crippen LogP contribution in [0.3, 0.4) is 0 Å². The second-order valence-corrected chi connectivity index (χ2v) is 5.54. The summed E-state index contributed by atoms with van der Waals surface area (Å²) in [6.07, 6.45) is 2.72. The molecule has 1 atom stereocenters. The summed E-state index contributed by atoms with van der Waals surface area (Å²) in [6.45, 7) is 1.97. The summed E-state index contributed by atoms with van der Waals surface area (Å²) in [5.41, 5.74) is 6.68. The van der Waals surface area contributed by atoms with E-state index in [1.54, 1.807) is 6.20 Å². The molecule has 0 saturated heterocycles. The van der Waals surface area contributed by atoms with Crippen LogP contribution in [0.25, 0.3) is 0 Å². The summed E-state index contributed by atoms with van der Waals surface area (Å²) in [5.74, 6) is 0.476. The lowest BCUT2D eigenvalue weighted by molar-refractivity contribution is 0.0327. The first-order chi connectivity index (χ1) is 9.05. The van der Waals surface area contributed by atoms with Gasteiger partial charge >= 0.3 is 0 Å². The smallest absolute Gasteiger partial charge is 0.126 e. The maximum absolute atomic E-state index is 10.9. The SMILES string of the molecule is CCC(O)(Cc1cccnc1N)c1cccc(Br)c1. The summed E-state index contributed by atoms with van der Waals surface area (Å²) in [4.78, 5) is 4.07. The van der Waals surface area contributed by atoms with Crippen molar-refractivity contribution in [2.45, 2.75) is 25.4 Å². The van der Waals surface area contributed by atoms with Gasteiger partial charge in [-0.25, -0.2) is 4.98 Å². The highest BCUT2D eigenvalue weighted by molar-refractivity contribution is 9.10. The Morgan fingerprint density at radius 2 is 2.11 bits per heavy atom. The number of aliphatic hydroxyl groups is 1. The molecular formula is C15H17BrN2O. The van der Waals surface area contributed by atoms with Gasteiger partial charge in [0.25, 0.3) is 0 Å². The van der Waals surface area contributed by atoms with Crippen molar-refractivity contribution in [2.75, 3.05) is 5.73 Å². The molecule has 0 spiro atoms. The molecule has 2 rings (SSSR count). The van der Waals surface area contributed by atoms with Crippen LogP contribution < -0.4 is 5.73 Å². The third-order valence-corrected chi connectivity index (χ3v) is 3.85. The van der Waals surface area contributed by atoms with Gasteiger partial charge in [-0.15, -0.1) is 0 Å². The predicted molar refractivity (Wildman–Crippen MR) is 80.7 cm³/mol. The number of hydrogen-bond acceptors (Lipinski definition) is 3. The summed E-state index contributed by atoms with van der Waals surface area (Å²) in [7, 11) is 0. The number of nitrogen functional groups attached to an aromatic ring is 1. The van der Waals surface area contributed by atoms with Gasteiger partial charge in [0, 0.05) is 17.1 Å². The minimum atomic E-state index is -0.930. The summed E-state index contributed by atoms with van der Waals surface area (Å²) in [6, 6.07) is 11.5. The maximum Gasteiger partial charge on any atom is 0.126 e. The van der Waals surface area contributed by atoms with Crippen LogP contribution in [0, 0.1) is 0 Å². The van der Waals surface area contributed by atoms with E-state index in [2.05, 4.69) is 20.9 Å². The molecule has 0 fully saturated rings. The van der Waals surface area contributed by atoms with E-state index in [1.807, 2.05) is 43.3 Å². The standard InChI is InChI=1S/C15H17BrN2O/c1-2-15(19,12-6-3-7-13(16)9-12)10-11-5-4-8-18-14(11)17/h3-9,19H,2,10H2,1H3,(H2,17,18). The van der Waals surface area contributed by atoms with Crippen LogP contribution >= 0.6 is 15.9 Å². The molecule has 19 heavy (non-hydrogen) atoms. The Balaban J connectivity index is 2.36. The largest absolute Gasteiger partial charge is 0.385 e. The van der Waals surface area contributed by atoms with E-state index in [0.29, 0.717) is 18.7 Å². The van der Waals surface area contributed by atoms with Gasteiger partial charge in [-0.05, 0) is 35.7 Å². The van der Waals surface area contributed by atoms with E-state index in [-0.39, 0.29) is 0 Å². The number of nitrogens with two attached hydrogens (primary N) is 1. The Morgan fingerprint density at radius 3 is 2.74 bits per heavy atom. The molecule has 1 aromatic carbocycles. The highest BCUT2D eigenvalue weighted by atomic mass is 79.9. The minimum absolute atomic E-state index is 0.458.